The maximum Gasteiger partial charge on any atom is 0.124 e. The molecule has 0 spiro atoms. The summed E-state index contributed by atoms with van der Waals surface area (Å²) in [6.07, 6.45) is 1.98. The van der Waals surface area contributed by atoms with E-state index in [-0.39, 0.29) is 5.82 Å². The topological polar surface area (TPSA) is 30.9 Å². The predicted octanol–water partition coefficient (Wildman–Crippen LogP) is 4.23. The van der Waals surface area contributed by atoms with Crippen molar-refractivity contribution < 1.29 is 4.39 Å². The number of fused-ring (bicyclic) bond motifs is 1. The van der Waals surface area contributed by atoms with Gasteiger partial charge in [0, 0.05) is 28.3 Å². The fraction of sp³-hybridized carbons (Fsp3) is 0.0625. The Labute approximate surface area is 135 Å². The van der Waals surface area contributed by atoms with Crippen molar-refractivity contribution in [3.8, 4) is 0 Å². The Kier molecular flexibility index (Phi) is 3.78. The first-order valence-corrected chi connectivity index (χ1v) is 7.57. The summed E-state index contributed by atoms with van der Waals surface area (Å²) >= 11 is 8.33. The van der Waals surface area contributed by atoms with Gasteiger partial charge < -0.3 is 10.3 Å². The summed E-state index contributed by atoms with van der Waals surface area (Å²) in [7, 11) is 0. The van der Waals surface area contributed by atoms with Crippen molar-refractivity contribution in [2.75, 3.05) is 0 Å². The van der Waals surface area contributed by atoms with Crippen molar-refractivity contribution in [3.05, 3.63) is 70.1 Å². The van der Waals surface area contributed by atoms with Gasteiger partial charge in [-0.3, -0.25) is 0 Å². The van der Waals surface area contributed by atoms with Gasteiger partial charge in [-0.15, -0.1) is 0 Å². The van der Waals surface area contributed by atoms with E-state index < -0.39 is 0 Å². The third kappa shape index (κ3) is 2.99. The molecule has 0 atom stereocenters. The molecule has 1 aromatic heterocycles. The van der Waals surface area contributed by atoms with Gasteiger partial charge in [-0.25, -0.2) is 4.39 Å². The average molecular weight is 363 g/mol. The zero-order valence-corrected chi connectivity index (χ0v) is 13.4. The fourth-order valence-corrected chi connectivity index (χ4v) is 3.01. The van der Waals surface area contributed by atoms with Crippen LogP contribution in [0.1, 0.15) is 11.1 Å². The van der Waals surface area contributed by atoms with Crippen LogP contribution in [0, 0.1) is 5.82 Å². The predicted molar refractivity (Wildman–Crippen MR) is 91.0 cm³/mol. The van der Waals surface area contributed by atoms with E-state index in [1.54, 1.807) is 0 Å². The van der Waals surface area contributed by atoms with Gasteiger partial charge in [-0.1, -0.05) is 40.3 Å². The highest BCUT2D eigenvalue weighted by molar-refractivity contribution is 9.10. The largest absolute Gasteiger partial charge is 0.389 e. The smallest absolute Gasteiger partial charge is 0.124 e. The first kappa shape index (κ1) is 14.2. The lowest BCUT2D eigenvalue weighted by molar-refractivity contribution is 0.623. The van der Waals surface area contributed by atoms with Crippen LogP contribution in [0.15, 0.2) is 53.1 Å². The molecule has 0 aliphatic heterocycles. The molecule has 0 fully saturated rings. The van der Waals surface area contributed by atoms with E-state index in [1.807, 2.05) is 36.5 Å². The number of hydrogen-bond acceptors (Lipinski definition) is 1. The van der Waals surface area contributed by atoms with E-state index in [9.17, 15) is 4.39 Å². The molecule has 2 N–H and O–H groups in total. The number of benzene rings is 2. The molecule has 1 heterocycles. The Bertz CT molecular complexity index is 821. The van der Waals surface area contributed by atoms with Crippen molar-refractivity contribution in [1.82, 2.24) is 4.57 Å². The Morgan fingerprint density at radius 3 is 2.71 bits per heavy atom. The Morgan fingerprint density at radius 2 is 2.00 bits per heavy atom. The number of aromatic nitrogens is 1. The molecule has 2 aromatic carbocycles. The monoisotopic (exact) mass is 362 g/mol. The molecule has 0 saturated heterocycles. The molecule has 0 radical (unpaired) electrons. The molecule has 0 amide bonds. The zero-order valence-electron chi connectivity index (χ0n) is 11.0. The summed E-state index contributed by atoms with van der Waals surface area (Å²) in [5.74, 6) is -0.250. The van der Waals surface area contributed by atoms with E-state index in [0.29, 0.717) is 11.5 Å². The number of nitrogens with two attached hydrogens (primary N) is 1. The summed E-state index contributed by atoms with van der Waals surface area (Å²) in [5, 5.41) is 1.10. The van der Waals surface area contributed by atoms with Crippen LogP contribution in [-0.4, -0.2) is 9.56 Å². The van der Waals surface area contributed by atoms with Gasteiger partial charge in [0.15, 0.2) is 0 Å². The maximum absolute atomic E-state index is 13.5. The highest BCUT2D eigenvalue weighted by atomic mass is 79.9. The van der Waals surface area contributed by atoms with Crippen LogP contribution in [0.4, 0.5) is 4.39 Å². The number of nitrogens with zero attached hydrogens (tertiary/aromatic N) is 1. The lowest BCUT2D eigenvalue weighted by Crippen LogP contribution is -2.09. The van der Waals surface area contributed by atoms with Gasteiger partial charge in [0.2, 0.25) is 0 Å². The summed E-state index contributed by atoms with van der Waals surface area (Å²) in [5.41, 5.74) is 8.43. The van der Waals surface area contributed by atoms with Crippen molar-refractivity contribution in [1.29, 1.82) is 0 Å². The summed E-state index contributed by atoms with van der Waals surface area (Å²) in [6, 6.07) is 12.8. The number of thiocarbonyl (C=S) groups is 1. The highest BCUT2D eigenvalue weighted by Gasteiger charge is 2.06. The van der Waals surface area contributed by atoms with Gasteiger partial charge in [0.25, 0.3) is 0 Å². The first-order chi connectivity index (χ1) is 10.0. The zero-order chi connectivity index (χ0) is 15.0. The van der Waals surface area contributed by atoms with E-state index in [1.165, 1.54) is 12.1 Å². The molecule has 3 rings (SSSR count). The van der Waals surface area contributed by atoms with Crippen molar-refractivity contribution in [3.63, 3.8) is 0 Å². The van der Waals surface area contributed by atoms with Crippen LogP contribution in [0.5, 0.6) is 0 Å². The number of rotatable bonds is 3. The Hall–Kier alpha value is -1.72. The van der Waals surface area contributed by atoms with Crippen LogP contribution < -0.4 is 5.73 Å². The van der Waals surface area contributed by atoms with E-state index in [4.69, 9.17) is 18.0 Å². The summed E-state index contributed by atoms with van der Waals surface area (Å²) in [4.78, 5) is 0.373. The number of hydrogen-bond donors (Lipinski definition) is 1. The summed E-state index contributed by atoms with van der Waals surface area (Å²) < 4.78 is 16.3. The second kappa shape index (κ2) is 5.58. The second-order valence-electron chi connectivity index (χ2n) is 4.86. The maximum atomic E-state index is 13.5. The van der Waals surface area contributed by atoms with Crippen molar-refractivity contribution in [2.45, 2.75) is 6.54 Å². The van der Waals surface area contributed by atoms with Crippen LogP contribution in [0.25, 0.3) is 10.9 Å². The minimum Gasteiger partial charge on any atom is -0.389 e. The van der Waals surface area contributed by atoms with Crippen LogP contribution >= 0.6 is 28.1 Å². The lowest BCUT2D eigenvalue weighted by atomic mass is 10.1. The van der Waals surface area contributed by atoms with E-state index in [2.05, 4.69) is 20.5 Å². The van der Waals surface area contributed by atoms with E-state index in [0.717, 1.165) is 26.5 Å². The quantitative estimate of drug-likeness (QED) is 0.707. The third-order valence-corrected chi connectivity index (χ3v) is 4.03. The molecule has 5 heteroatoms. The van der Waals surface area contributed by atoms with Gasteiger partial charge in [-0.2, -0.15) is 0 Å². The SMILES string of the molecule is NC(=S)c1ccc2ccn(Cc3cc(F)cc(Br)c3)c2c1. The van der Waals surface area contributed by atoms with Crippen LogP contribution in [-0.2, 0) is 6.54 Å². The van der Waals surface area contributed by atoms with Gasteiger partial charge in [0.1, 0.15) is 10.8 Å². The minimum absolute atomic E-state index is 0.250. The molecule has 106 valence electrons. The van der Waals surface area contributed by atoms with Crippen molar-refractivity contribution in [2.24, 2.45) is 5.73 Å². The second-order valence-corrected chi connectivity index (χ2v) is 6.21. The summed E-state index contributed by atoms with van der Waals surface area (Å²) in [6.45, 7) is 0.584. The first-order valence-electron chi connectivity index (χ1n) is 6.36. The van der Waals surface area contributed by atoms with E-state index >= 15 is 0 Å². The van der Waals surface area contributed by atoms with Crippen LogP contribution in [0.2, 0.25) is 0 Å². The molecule has 0 unspecified atom stereocenters. The highest BCUT2D eigenvalue weighted by Crippen LogP contribution is 2.21. The molecule has 2 nitrogen and oxygen atoms in total. The van der Waals surface area contributed by atoms with Crippen molar-refractivity contribution >= 4 is 44.0 Å². The molecule has 21 heavy (non-hydrogen) atoms. The Balaban J connectivity index is 2.03. The molecular formula is C16H12BrFN2S. The van der Waals surface area contributed by atoms with Gasteiger partial charge in [0.05, 0.1) is 0 Å². The Morgan fingerprint density at radius 1 is 1.19 bits per heavy atom. The van der Waals surface area contributed by atoms with Gasteiger partial charge >= 0.3 is 0 Å². The normalized spacial score (nSPS) is 11.0. The van der Waals surface area contributed by atoms with Gasteiger partial charge in [-0.05, 0) is 41.3 Å². The lowest BCUT2D eigenvalue weighted by Gasteiger charge is -2.08. The molecular weight excluding hydrogens is 351 g/mol. The average Bonchev–Trinajstić information content (AvgIpc) is 2.80. The van der Waals surface area contributed by atoms with Crippen LogP contribution in [0.3, 0.4) is 0 Å². The fourth-order valence-electron chi connectivity index (χ4n) is 2.37. The molecule has 0 aliphatic rings. The molecule has 0 saturated carbocycles. The molecule has 3 aromatic rings. The standard InChI is InChI=1S/C16H12BrFN2S/c17-13-5-10(6-14(18)8-13)9-20-4-3-11-1-2-12(16(19)21)7-15(11)20/h1-8H,9H2,(H2,19,21). The molecule has 0 aliphatic carbocycles. The minimum atomic E-state index is -0.250. The third-order valence-electron chi connectivity index (χ3n) is 3.33. The number of halogens is 2. The molecule has 0 bridgehead atoms.